The molecule has 0 saturated carbocycles. The molecule has 0 radical (unpaired) electrons. The lowest BCUT2D eigenvalue weighted by atomic mass is 10.0. The van der Waals surface area contributed by atoms with Gasteiger partial charge in [-0.05, 0) is 24.3 Å². The van der Waals surface area contributed by atoms with Gasteiger partial charge in [0.15, 0.2) is 5.78 Å². The van der Waals surface area contributed by atoms with Gasteiger partial charge in [-0.15, -0.1) is 5.10 Å². The molecule has 1 unspecified atom stereocenters. The number of carbonyl (C=O) groups is 1. The second-order valence-corrected chi connectivity index (χ2v) is 5.48. The van der Waals surface area contributed by atoms with Gasteiger partial charge < -0.3 is 4.74 Å². The zero-order valence-electron chi connectivity index (χ0n) is 11.9. The smallest absolute Gasteiger partial charge is 0.184 e. The Kier molecular flexibility index (Phi) is 4.40. The summed E-state index contributed by atoms with van der Waals surface area (Å²) in [6, 6.07) is 10.0. The van der Waals surface area contributed by atoms with Crippen LogP contribution in [-0.4, -0.2) is 34.0 Å². The lowest BCUT2D eigenvalue weighted by Crippen LogP contribution is -2.05. The van der Waals surface area contributed by atoms with E-state index in [1.165, 1.54) is 0 Å². The fourth-order valence-electron chi connectivity index (χ4n) is 2.55. The van der Waals surface area contributed by atoms with Crippen LogP contribution in [0, 0.1) is 5.92 Å². The van der Waals surface area contributed by atoms with Gasteiger partial charge >= 0.3 is 0 Å². The molecule has 1 saturated heterocycles. The van der Waals surface area contributed by atoms with E-state index in [1.54, 1.807) is 10.9 Å². The minimum atomic E-state index is 0.0706. The zero-order valence-corrected chi connectivity index (χ0v) is 11.9. The largest absolute Gasteiger partial charge is 0.381 e. The SMILES string of the molecule is O=C(CCC1CCOC1)c1cn(Cc2ccccc2)nn1. The number of rotatable bonds is 6. The number of aromatic nitrogens is 3. The van der Waals surface area contributed by atoms with E-state index >= 15 is 0 Å². The Balaban J connectivity index is 1.55. The average Bonchev–Trinajstić information content (AvgIpc) is 3.17. The van der Waals surface area contributed by atoms with Crippen LogP contribution < -0.4 is 0 Å². The monoisotopic (exact) mass is 285 g/mol. The second-order valence-electron chi connectivity index (χ2n) is 5.48. The van der Waals surface area contributed by atoms with Crippen molar-refractivity contribution in [3.63, 3.8) is 0 Å². The molecule has 0 N–H and O–H groups in total. The van der Waals surface area contributed by atoms with Gasteiger partial charge in [-0.1, -0.05) is 35.5 Å². The highest BCUT2D eigenvalue weighted by molar-refractivity contribution is 5.93. The maximum Gasteiger partial charge on any atom is 0.184 e. The molecule has 110 valence electrons. The van der Waals surface area contributed by atoms with Crippen molar-refractivity contribution in [2.75, 3.05) is 13.2 Å². The molecule has 3 rings (SSSR count). The number of hydrogen-bond acceptors (Lipinski definition) is 4. The van der Waals surface area contributed by atoms with Crippen molar-refractivity contribution >= 4 is 5.78 Å². The van der Waals surface area contributed by atoms with Crippen molar-refractivity contribution in [2.45, 2.75) is 25.8 Å². The summed E-state index contributed by atoms with van der Waals surface area (Å²) >= 11 is 0. The summed E-state index contributed by atoms with van der Waals surface area (Å²) in [5.74, 6) is 0.592. The minimum absolute atomic E-state index is 0.0706. The maximum absolute atomic E-state index is 12.1. The van der Waals surface area contributed by atoms with Crippen LogP contribution in [0.2, 0.25) is 0 Å². The van der Waals surface area contributed by atoms with E-state index < -0.39 is 0 Å². The van der Waals surface area contributed by atoms with E-state index in [9.17, 15) is 4.79 Å². The van der Waals surface area contributed by atoms with E-state index in [4.69, 9.17) is 4.74 Å². The molecule has 21 heavy (non-hydrogen) atoms. The summed E-state index contributed by atoms with van der Waals surface area (Å²) in [6.07, 6.45) is 4.21. The normalized spacial score (nSPS) is 18.0. The molecule has 2 aromatic rings. The number of carbonyl (C=O) groups excluding carboxylic acids is 1. The van der Waals surface area contributed by atoms with E-state index in [1.807, 2.05) is 30.3 Å². The molecular formula is C16H19N3O2. The van der Waals surface area contributed by atoms with Crippen LogP contribution in [0.25, 0.3) is 0 Å². The molecule has 5 heteroatoms. The Labute approximate surface area is 123 Å². The van der Waals surface area contributed by atoms with Gasteiger partial charge in [-0.2, -0.15) is 0 Å². The van der Waals surface area contributed by atoms with Crippen molar-refractivity contribution in [1.29, 1.82) is 0 Å². The lowest BCUT2D eigenvalue weighted by Gasteiger charge is -2.04. The van der Waals surface area contributed by atoms with Gasteiger partial charge in [0.25, 0.3) is 0 Å². The molecule has 1 aromatic carbocycles. The summed E-state index contributed by atoms with van der Waals surface area (Å²) in [4.78, 5) is 12.1. The molecule has 2 heterocycles. The molecule has 0 spiro atoms. The zero-order chi connectivity index (χ0) is 14.5. The van der Waals surface area contributed by atoms with Crippen LogP contribution in [0.5, 0.6) is 0 Å². The summed E-state index contributed by atoms with van der Waals surface area (Å²) in [7, 11) is 0. The maximum atomic E-state index is 12.1. The first kappa shape index (κ1) is 13.9. The van der Waals surface area contributed by atoms with Crippen molar-refractivity contribution < 1.29 is 9.53 Å². The van der Waals surface area contributed by atoms with Gasteiger partial charge in [-0.25, -0.2) is 4.68 Å². The summed E-state index contributed by atoms with van der Waals surface area (Å²) < 4.78 is 7.03. The lowest BCUT2D eigenvalue weighted by molar-refractivity contribution is 0.0966. The first-order valence-electron chi connectivity index (χ1n) is 7.36. The highest BCUT2D eigenvalue weighted by Crippen LogP contribution is 2.19. The van der Waals surface area contributed by atoms with Crippen LogP contribution in [-0.2, 0) is 11.3 Å². The number of hydrogen-bond donors (Lipinski definition) is 0. The van der Waals surface area contributed by atoms with Crippen molar-refractivity contribution in [1.82, 2.24) is 15.0 Å². The average molecular weight is 285 g/mol. The quantitative estimate of drug-likeness (QED) is 0.764. The van der Waals surface area contributed by atoms with Gasteiger partial charge in [0.1, 0.15) is 5.69 Å². The van der Waals surface area contributed by atoms with E-state index in [0.717, 1.165) is 31.6 Å². The Hall–Kier alpha value is -2.01. The number of Topliss-reactive ketones (excluding diaryl/α,β-unsaturated/α-hetero) is 1. The van der Waals surface area contributed by atoms with Gasteiger partial charge in [0, 0.05) is 19.6 Å². The molecule has 0 amide bonds. The molecular weight excluding hydrogens is 266 g/mol. The summed E-state index contributed by atoms with van der Waals surface area (Å²) in [5.41, 5.74) is 1.61. The topological polar surface area (TPSA) is 57.0 Å². The Morgan fingerprint density at radius 2 is 2.19 bits per heavy atom. The fourth-order valence-corrected chi connectivity index (χ4v) is 2.55. The number of benzene rings is 1. The molecule has 0 bridgehead atoms. The Morgan fingerprint density at radius 1 is 1.33 bits per heavy atom. The van der Waals surface area contributed by atoms with Crippen LogP contribution >= 0.6 is 0 Å². The van der Waals surface area contributed by atoms with Crippen molar-refractivity contribution in [3.8, 4) is 0 Å². The number of ketones is 1. The van der Waals surface area contributed by atoms with E-state index in [-0.39, 0.29) is 5.78 Å². The first-order chi connectivity index (χ1) is 10.3. The van der Waals surface area contributed by atoms with Gasteiger partial charge in [0.05, 0.1) is 12.7 Å². The third-order valence-corrected chi connectivity index (χ3v) is 3.82. The predicted octanol–water partition coefficient (Wildman–Crippen LogP) is 2.33. The number of nitrogens with zero attached hydrogens (tertiary/aromatic N) is 3. The van der Waals surface area contributed by atoms with E-state index in [0.29, 0.717) is 24.6 Å². The second kappa shape index (κ2) is 6.63. The highest BCUT2D eigenvalue weighted by Gasteiger charge is 2.18. The van der Waals surface area contributed by atoms with Crippen molar-refractivity contribution in [2.24, 2.45) is 5.92 Å². The summed E-state index contributed by atoms with van der Waals surface area (Å²) in [5, 5.41) is 8.02. The Morgan fingerprint density at radius 3 is 2.95 bits per heavy atom. The van der Waals surface area contributed by atoms with Crippen LogP contribution in [0.1, 0.15) is 35.3 Å². The predicted molar refractivity (Wildman–Crippen MR) is 78.1 cm³/mol. The minimum Gasteiger partial charge on any atom is -0.381 e. The Bertz CT molecular complexity index is 589. The summed E-state index contributed by atoms with van der Waals surface area (Å²) in [6.45, 7) is 2.25. The standard InChI is InChI=1S/C16H19N3O2/c20-16(7-6-14-8-9-21-12-14)15-11-19(18-17-15)10-13-4-2-1-3-5-13/h1-5,11,14H,6-10,12H2. The van der Waals surface area contributed by atoms with E-state index in [2.05, 4.69) is 10.3 Å². The third kappa shape index (κ3) is 3.76. The fraction of sp³-hybridized carbons (Fsp3) is 0.438. The molecule has 1 aromatic heterocycles. The third-order valence-electron chi connectivity index (χ3n) is 3.82. The molecule has 1 aliphatic rings. The molecule has 1 atom stereocenters. The molecule has 0 aliphatic carbocycles. The highest BCUT2D eigenvalue weighted by atomic mass is 16.5. The van der Waals surface area contributed by atoms with Crippen LogP contribution in [0.3, 0.4) is 0 Å². The van der Waals surface area contributed by atoms with Gasteiger partial charge in [-0.3, -0.25) is 4.79 Å². The van der Waals surface area contributed by atoms with Crippen LogP contribution in [0.15, 0.2) is 36.5 Å². The van der Waals surface area contributed by atoms with Crippen molar-refractivity contribution in [3.05, 3.63) is 47.8 Å². The molecule has 5 nitrogen and oxygen atoms in total. The molecule has 1 aliphatic heterocycles. The van der Waals surface area contributed by atoms with Crippen LogP contribution in [0.4, 0.5) is 0 Å². The van der Waals surface area contributed by atoms with Gasteiger partial charge in [0.2, 0.25) is 0 Å². The first-order valence-corrected chi connectivity index (χ1v) is 7.36. The molecule has 1 fully saturated rings. The number of ether oxygens (including phenoxy) is 1.